The second-order valence-corrected chi connectivity index (χ2v) is 6.77. The molecule has 24 heavy (non-hydrogen) atoms. The zero-order valence-electron chi connectivity index (χ0n) is 14.2. The zero-order valence-corrected chi connectivity index (χ0v) is 14.2. The molecule has 1 aliphatic heterocycles. The Morgan fingerprint density at radius 2 is 1.67 bits per heavy atom. The van der Waals surface area contributed by atoms with Crippen LogP contribution in [0.2, 0.25) is 0 Å². The molecule has 0 N–H and O–H groups in total. The van der Waals surface area contributed by atoms with Gasteiger partial charge in [0.2, 0.25) is 11.6 Å². The van der Waals surface area contributed by atoms with Crippen LogP contribution >= 0.6 is 0 Å². The average Bonchev–Trinajstić information content (AvgIpc) is 3.14. The molecule has 1 atom stereocenters. The van der Waals surface area contributed by atoms with E-state index in [9.17, 15) is 8.78 Å². The smallest absolute Gasteiger partial charge is 0.204 e. The fourth-order valence-electron chi connectivity index (χ4n) is 3.80. The zero-order chi connectivity index (χ0) is 16.9. The van der Waals surface area contributed by atoms with Crippen molar-refractivity contribution in [2.45, 2.75) is 51.6 Å². The van der Waals surface area contributed by atoms with Gasteiger partial charge >= 0.3 is 0 Å². The number of ether oxygens (including phenoxy) is 3. The Morgan fingerprint density at radius 3 is 2.25 bits per heavy atom. The van der Waals surface area contributed by atoms with Crippen LogP contribution in [0.1, 0.15) is 45.4 Å². The van der Waals surface area contributed by atoms with Gasteiger partial charge in [0.25, 0.3) is 0 Å². The van der Waals surface area contributed by atoms with E-state index >= 15 is 0 Å². The highest BCUT2D eigenvalue weighted by atomic mass is 19.2. The third-order valence-electron chi connectivity index (χ3n) is 5.17. The first-order chi connectivity index (χ1) is 11.7. The van der Waals surface area contributed by atoms with Crippen molar-refractivity contribution < 1.29 is 23.0 Å². The molecule has 134 valence electrons. The molecular weight excluding hydrogens is 314 g/mol. The molecule has 5 heteroatoms. The number of benzene rings is 1. The molecule has 2 aliphatic rings. The SMILES string of the molecule is CCOc1ccc(OCC2CCC(C3CCCO3)CC2)c(F)c1F. The largest absolute Gasteiger partial charge is 0.491 e. The highest BCUT2D eigenvalue weighted by Crippen LogP contribution is 2.36. The summed E-state index contributed by atoms with van der Waals surface area (Å²) in [4.78, 5) is 0. The van der Waals surface area contributed by atoms with Gasteiger partial charge in [-0.2, -0.15) is 8.78 Å². The van der Waals surface area contributed by atoms with Crippen molar-refractivity contribution in [2.24, 2.45) is 11.8 Å². The number of hydrogen-bond donors (Lipinski definition) is 0. The summed E-state index contributed by atoms with van der Waals surface area (Å²) in [5, 5.41) is 0. The van der Waals surface area contributed by atoms with E-state index in [-0.39, 0.29) is 11.5 Å². The predicted octanol–water partition coefficient (Wildman–Crippen LogP) is 4.73. The molecular formula is C19H26F2O3. The van der Waals surface area contributed by atoms with E-state index in [1.165, 1.54) is 25.0 Å². The summed E-state index contributed by atoms with van der Waals surface area (Å²) in [7, 11) is 0. The van der Waals surface area contributed by atoms with E-state index in [0.29, 0.717) is 31.2 Å². The number of rotatable bonds is 6. The summed E-state index contributed by atoms with van der Waals surface area (Å²) < 4.78 is 44.2. The molecule has 3 rings (SSSR count). The van der Waals surface area contributed by atoms with Gasteiger partial charge < -0.3 is 14.2 Å². The molecule has 1 saturated heterocycles. The van der Waals surface area contributed by atoms with Crippen LogP contribution in [0.5, 0.6) is 11.5 Å². The average molecular weight is 340 g/mol. The van der Waals surface area contributed by atoms with Gasteiger partial charge in [0, 0.05) is 6.61 Å². The van der Waals surface area contributed by atoms with Crippen LogP contribution in [-0.4, -0.2) is 25.9 Å². The van der Waals surface area contributed by atoms with Gasteiger partial charge in [0.15, 0.2) is 11.5 Å². The molecule has 0 spiro atoms. The quantitative estimate of drug-likeness (QED) is 0.749. The summed E-state index contributed by atoms with van der Waals surface area (Å²) in [5.74, 6) is -0.984. The summed E-state index contributed by atoms with van der Waals surface area (Å²) in [6.45, 7) is 3.36. The van der Waals surface area contributed by atoms with Crippen molar-refractivity contribution in [1.29, 1.82) is 0 Å². The van der Waals surface area contributed by atoms with E-state index in [1.807, 2.05) is 0 Å². The van der Waals surface area contributed by atoms with Crippen LogP contribution in [0.25, 0.3) is 0 Å². The van der Waals surface area contributed by atoms with Gasteiger partial charge in [-0.1, -0.05) is 0 Å². The summed E-state index contributed by atoms with van der Waals surface area (Å²) in [6, 6.07) is 2.87. The predicted molar refractivity (Wildman–Crippen MR) is 87.4 cm³/mol. The van der Waals surface area contributed by atoms with E-state index < -0.39 is 11.6 Å². The Hall–Kier alpha value is -1.36. The van der Waals surface area contributed by atoms with Crippen LogP contribution in [0.4, 0.5) is 8.78 Å². The molecule has 1 aromatic carbocycles. The Morgan fingerprint density at radius 1 is 1.00 bits per heavy atom. The second-order valence-electron chi connectivity index (χ2n) is 6.77. The van der Waals surface area contributed by atoms with Gasteiger partial charge in [-0.15, -0.1) is 0 Å². The van der Waals surface area contributed by atoms with Crippen LogP contribution in [0.3, 0.4) is 0 Å². The van der Waals surface area contributed by atoms with Crippen molar-refractivity contribution in [3.05, 3.63) is 23.8 Å². The molecule has 0 bridgehead atoms. The maximum absolute atomic E-state index is 14.0. The van der Waals surface area contributed by atoms with E-state index in [2.05, 4.69) is 0 Å². The molecule has 1 aliphatic carbocycles. The van der Waals surface area contributed by atoms with E-state index in [0.717, 1.165) is 32.3 Å². The number of halogens is 2. The van der Waals surface area contributed by atoms with Crippen LogP contribution < -0.4 is 9.47 Å². The Labute approximate surface area is 142 Å². The van der Waals surface area contributed by atoms with Gasteiger partial charge in [0.05, 0.1) is 19.3 Å². The fraction of sp³-hybridized carbons (Fsp3) is 0.684. The third-order valence-corrected chi connectivity index (χ3v) is 5.17. The van der Waals surface area contributed by atoms with Crippen LogP contribution in [-0.2, 0) is 4.74 Å². The molecule has 0 aromatic heterocycles. The topological polar surface area (TPSA) is 27.7 Å². The minimum atomic E-state index is -0.976. The van der Waals surface area contributed by atoms with Crippen LogP contribution in [0, 0.1) is 23.5 Å². The minimum absolute atomic E-state index is 0.0304. The standard InChI is InChI=1S/C19H26F2O3/c1-2-22-16-9-10-17(19(21)18(16)20)24-12-13-5-7-14(8-6-13)15-4-3-11-23-15/h9-10,13-15H,2-8,11-12H2,1H3. The molecule has 0 radical (unpaired) electrons. The lowest BCUT2D eigenvalue weighted by atomic mass is 9.79. The number of hydrogen-bond acceptors (Lipinski definition) is 3. The highest BCUT2D eigenvalue weighted by Gasteiger charge is 2.30. The Kier molecular flexibility index (Phi) is 5.93. The van der Waals surface area contributed by atoms with E-state index in [1.54, 1.807) is 6.92 Å². The third kappa shape index (κ3) is 4.00. The maximum atomic E-state index is 14.0. The van der Waals surface area contributed by atoms with Crippen LogP contribution in [0.15, 0.2) is 12.1 Å². The Bertz CT molecular complexity index is 536. The molecule has 1 unspecified atom stereocenters. The van der Waals surface area contributed by atoms with E-state index in [4.69, 9.17) is 14.2 Å². The molecule has 2 fully saturated rings. The van der Waals surface area contributed by atoms with Crippen molar-refractivity contribution in [3.63, 3.8) is 0 Å². The second kappa shape index (κ2) is 8.15. The summed E-state index contributed by atoms with van der Waals surface area (Å²) in [5.41, 5.74) is 0. The van der Waals surface area contributed by atoms with Crippen molar-refractivity contribution in [3.8, 4) is 11.5 Å². The lowest BCUT2D eigenvalue weighted by Crippen LogP contribution is -2.27. The first kappa shape index (κ1) is 17.5. The monoisotopic (exact) mass is 340 g/mol. The highest BCUT2D eigenvalue weighted by molar-refractivity contribution is 5.35. The fourth-order valence-corrected chi connectivity index (χ4v) is 3.80. The molecule has 0 amide bonds. The first-order valence-corrected chi connectivity index (χ1v) is 9.04. The minimum Gasteiger partial charge on any atom is -0.491 e. The van der Waals surface area contributed by atoms with Gasteiger partial charge in [-0.05, 0) is 69.4 Å². The Balaban J connectivity index is 1.49. The van der Waals surface area contributed by atoms with Gasteiger partial charge in [0.1, 0.15) is 0 Å². The summed E-state index contributed by atoms with van der Waals surface area (Å²) >= 11 is 0. The maximum Gasteiger partial charge on any atom is 0.204 e. The van der Waals surface area contributed by atoms with Crippen molar-refractivity contribution >= 4 is 0 Å². The normalized spacial score (nSPS) is 27.2. The molecule has 1 heterocycles. The molecule has 1 aromatic rings. The van der Waals surface area contributed by atoms with Gasteiger partial charge in [-0.3, -0.25) is 0 Å². The van der Waals surface area contributed by atoms with Crippen molar-refractivity contribution in [1.82, 2.24) is 0 Å². The van der Waals surface area contributed by atoms with Gasteiger partial charge in [-0.25, -0.2) is 0 Å². The lowest BCUT2D eigenvalue weighted by molar-refractivity contribution is 0.0358. The molecule has 1 saturated carbocycles. The first-order valence-electron chi connectivity index (χ1n) is 9.04. The van der Waals surface area contributed by atoms with Crippen molar-refractivity contribution in [2.75, 3.05) is 19.8 Å². The lowest BCUT2D eigenvalue weighted by Gasteiger charge is -2.31. The molecule has 3 nitrogen and oxygen atoms in total. The summed E-state index contributed by atoms with van der Waals surface area (Å²) in [6.07, 6.45) is 7.19.